The van der Waals surface area contributed by atoms with Crippen molar-refractivity contribution >= 4 is 11.4 Å². The summed E-state index contributed by atoms with van der Waals surface area (Å²) in [6, 6.07) is 11.0. The van der Waals surface area contributed by atoms with Crippen LogP contribution in [0.2, 0.25) is 0 Å². The lowest BCUT2D eigenvalue weighted by molar-refractivity contribution is -0.274. The van der Waals surface area contributed by atoms with Crippen LogP contribution in [0, 0.1) is 0 Å². The fourth-order valence-electron chi connectivity index (χ4n) is 3.85. The number of rotatable bonds is 4. The van der Waals surface area contributed by atoms with Crippen LogP contribution in [0.25, 0.3) is 16.7 Å². The first kappa shape index (κ1) is 22.9. The molecule has 2 aromatic carbocycles. The zero-order valence-electron chi connectivity index (χ0n) is 18.1. The van der Waals surface area contributed by atoms with Crippen molar-refractivity contribution in [3.63, 3.8) is 0 Å². The van der Waals surface area contributed by atoms with Gasteiger partial charge in [0.1, 0.15) is 22.7 Å². The fourth-order valence-corrected chi connectivity index (χ4v) is 3.85. The first-order valence-corrected chi connectivity index (χ1v) is 9.93. The minimum absolute atomic E-state index is 0.118. The molecule has 1 N–H and O–H groups in total. The van der Waals surface area contributed by atoms with Crippen molar-refractivity contribution in [3.05, 3.63) is 59.4 Å². The molecule has 0 spiro atoms. The maximum atomic E-state index is 13.1. The van der Waals surface area contributed by atoms with E-state index in [9.17, 15) is 23.1 Å². The second-order valence-electron chi connectivity index (χ2n) is 8.47. The Morgan fingerprint density at radius 2 is 1.55 bits per heavy atom. The number of ether oxygens (including phenoxy) is 2. The molecule has 1 heterocycles. The van der Waals surface area contributed by atoms with E-state index in [0.29, 0.717) is 17.5 Å². The predicted molar refractivity (Wildman–Crippen MR) is 112 cm³/mol. The summed E-state index contributed by atoms with van der Waals surface area (Å²) in [4.78, 5) is 13.1. The molecule has 0 saturated heterocycles. The second-order valence-corrected chi connectivity index (χ2v) is 8.47. The number of aliphatic hydroxyl groups excluding tert-OH is 1. The molecule has 0 bridgehead atoms. The van der Waals surface area contributed by atoms with Crippen LogP contribution in [0.4, 0.5) is 13.2 Å². The molecule has 7 heteroatoms. The Bertz CT molecular complexity index is 1030. The smallest absolute Gasteiger partial charge is 0.508 e. The Kier molecular flexibility index (Phi) is 5.69. The van der Waals surface area contributed by atoms with E-state index in [2.05, 4.69) is 4.74 Å². The Labute approximate surface area is 179 Å². The lowest BCUT2D eigenvalue weighted by atomic mass is 9.81. The molecule has 0 fully saturated rings. The van der Waals surface area contributed by atoms with Gasteiger partial charge < -0.3 is 14.6 Å². The summed E-state index contributed by atoms with van der Waals surface area (Å²) in [6.45, 7) is 8.70. The summed E-state index contributed by atoms with van der Waals surface area (Å²) in [7, 11) is 0. The lowest BCUT2D eigenvalue weighted by Crippen LogP contribution is -2.49. The minimum atomic E-state index is -4.74. The quantitative estimate of drug-likeness (QED) is 0.619. The molecule has 31 heavy (non-hydrogen) atoms. The Balaban J connectivity index is 2.04. The largest absolute Gasteiger partial charge is 0.573 e. The monoisotopic (exact) mass is 434 g/mol. The van der Waals surface area contributed by atoms with Crippen molar-refractivity contribution in [2.75, 3.05) is 0 Å². The third kappa shape index (κ3) is 4.61. The SMILES string of the molecule is CCc1cc(-c2ccc(OC(F)(F)F)cc2)ccc1C1=C(O)C(C)(C)OC(C)(C)C1=O. The zero-order chi connectivity index (χ0) is 23.2. The third-order valence-electron chi connectivity index (χ3n) is 5.27. The summed E-state index contributed by atoms with van der Waals surface area (Å²) in [6.07, 6.45) is -4.16. The molecule has 1 aliphatic heterocycles. The Morgan fingerprint density at radius 3 is 2.10 bits per heavy atom. The first-order chi connectivity index (χ1) is 14.2. The van der Waals surface area contributed by atoms with Crippen molar-refractivity contribution < 1.29 is 32.5 Å². The number of hydrogen-bond acceptors (Lipinski definition) is 4. The fraction of sp³-hybridized carbons (Fsp3) is 0.375. The van der Waals surface area contributed by atoms with Gasteiger partial charge in [-0.25, -0.2) is 0 Å². The molecule has 1 aliphatic rings. The van der Waals surface area contributed by atoms with E-state index in [1.54, 1.807) is 39.8 Å². The number of carbonyl (C=O) groups excluding carboxylic acids is 1. The summed E-state index contributed by atoms with van der Waals surface area (Å²) in [5.41, 5.74) is 1.05. The molecular formula is C24H25F3O4. The number of aliphatic hydroxyl groups is 1. The minimum Gasteiger partial charge on any atom is -0.508 e. The molecule has 0 aliphatic carbocycles. The van der Waals surface area contributed by atoms with Crippen LogP contribution in [-0.2, 0) is 16.0 Å². The van der Waals surface area contributed by atoms with Crippen molar-refractivity contribution in [1.82, 2.24) is 0 Å². The van der Waals surface area contributed by atoms with Gasteiger partial charge in [0.25, 0.3) is 0 Å². The van der Waals surface area contributed by atoms with Crippen molar-refractivity contribution in [1.29, 1.82) is 0 Å². The van der Waals surface area contributed by atoms with E-state index in [4.69, 9.17) is 4.74 Å². The molecule has 0 amide bonds. The summed E-state index contributed by atoms with van der Waals surface area (Å²) in [5.74, 6) is -0.718. The second kappa shape index (κ2) is 7.71. The number of alkyl halides is 3. The average molecular weight is 434 g/mol. The first-order valence-electron chi connectivity index (χ1n) is 9.93. The van der Waals surface area contributed by atoms with Crippen LogP contribution in [0.5, 0.6) is 5.75 Å². The zero-order valence-corrected chi connectivity index (χ0v) is 18.1. The van der Waals surface area contributed by atoms with Crippen molar-refractivity contribution in [2.24, 2.45) is 0 Å². The van der Waals surface area contributed by atoms with Gasteiger partial charge in [0.2, 0.25) is 0 Å². The van der Waals surface area contributed by atoms with Crippen LogP contribution >= 0.6 is 0 Å². The molecular weight excluding hydrogens is 409 g/mol. The Hall–Kier alpha value is -2.80. The highest BCUT2D eigenvalue weighted by molar-refractivity contribution is 6.26. The molecule has 0 saturated carbocycles. The van der Waals surface area contributed by atoms with E-state index in [1.165, 1.54) is 24.3 Å². The molecule has 0 radical (unpaired) electrons. The van der Waals surface area contributed by atoms with Gasteiger partial charge in [-0.1, -0.05) is 37.3 Å². The topological polar surface area (TPSA) is 55.8 Å². The van der Waals surface area contributed by atoms with Gasteiger partial charge in [0.05, 0.1) is 5.57 Å². The highest BCUT2D eigenvalue weighted by Crippen LogP contribution is 2.41. The summed E-state index contributed by atoms with van der Waals surface area (Å²) >= 11 is 0. The van der Waals surface area contributed by atoms with Gasteiger partial charge >= 0.3 is 6.36 Å². The van der Waals surface area contributed by atoms with Crippen LogP contribution in [-0.4, -0.2) is 28.5 Å². The standard InChI is InChI=1S/C24H25F3O4/c1-6-14-13-16(15-7-10-17(11-8-15)30-24(25,26)27)9-12-18(14)19-20(28)22(2,3)31-23(4,5)21(19)29/h7-13,28H,6H2,1-5H3. The molecule has 0 unspecified atom stereocenters. The van der Waals surface area contributed by atoms with Crippen molar-refractivity contribution in [2.45, 2.75) is 58.6 Å². The van der Waals surface area contributed by atoms with Crippen LogP contribution in [0.15, 0.2) is 48.2 Å². The Morgan fingerprint density at radius 1 is 0.968 bits per heavy atom. The maximum Gasteiger partial charge on any atom is 0.573 e. The van der Waals surface area contributed by atoms with E-state index in [1.807, 2.05) is 13.0 Å². The lowest BCUT2D eigenvalue weighted by Gasteiger charge is -2.40. The van der Waals surface area contributed by atoms with Crippen LogP contribution in [0.1, 0.15) is 45.7 Å². The van der Waals surface area contributed by atoms with Gasteiger partial charge in [-0.15, -0.1) is 13.2 Å². The van der Waals surface area contributed by atoms with E-state index in [-0.39, 0.29) is 22.9 Å². The normalized spacial score (nSPS) is 18.3. The molecule has 4 nitrogen and oxygen atoms in total. The van der Waals surface area contributed by atoms with Crippen LogP contribution < -0.4 is 4.74 Å². The highest BCUT2D eigenvalue weighted by atomic mass is 19.4. The number of Topliss-reactive ketones (excluding diaryl/α,β-unsaturated/α-hetero) is 1. The number of halogens is 3. The summed E-state index contributed by atoms with van der Waals surface area (Å²) < 4.78 is 46.8. The maximum absolute atomic E-state index is 13.1. The van der Waals surface area contributed by atoms with Crippen LogP contribution in [0.3, 0.4) is 0 Å². The molecule has 166 valence electrons. The van der Waals surface area contributed by atoms with Gasteiger partial charge in [-0.05, 0) is 68.5 Å². The molecule has 0 aromatic heterocycles. The van der Waals surface area contributed by atoms with Crippen molar-refractivity contribution in [3.8, 4) is 16.9 Å². The number of aryl methyl sites for hydroxylation is 1. The average Bonchev–Trinajstić information content (AvgIpc) is 2.66. The highest BCUT2D eigenvalue weighted by Gasteiger charge is 2.47. The van der Waals surface area contributed by atoms with Gasteiger partial charge in [-0.3, -0.25) is 4.79 Å². The van der Waals surface area contributed by atoms with E-state index >= 15 is 0 Å². The van der Waals surface area contributed by atoms with E-state index < -0.39 is 17.6 Å². The van der Waals surface area contributed by atoms with E-state index in [0.717, 1.165) is 11.1 Å². The number of benzene rings is 2. The van der Waals surface area contributed by atoms with Gasteiger partial charge in [-0.2, -0.15) is 0 Å². The number of carbonyl (C=O) groups is 1. The predicted octanol–water partition coefficient (Wildman–Crippen LogP) is 6.24. The third-order valence-corrected chi connectivity index (χ3v) is 5.27. The number of ketones is 1. The molecule has 3 rings (SSSR count). The van der Waals surface area contributed by atoms with Gasteiger partial charge in [0, 0.05) is 0 Å². The molecule has 0 atom stereocenters. The van der Waals surface area contributed by atoms with Gasteiger partial charge in [0.15, 0.2) is 5.78 Å². The summed E-state index contributed by atoms with van der Waals surface area (Å²) in [5, 5.41) is 10.8. The number of hydrogen-bond donors (Lipinski definition) is 1. The molecule has 2 aromatic rings.